The highest BCUT2D eigenvalue weighted by atomic mass is 16.4. The summed E-state index contributed by atoms with van der Waals surface area (Å²) >= 11 is 0. The molecule has 0 radical (unpaired) electrons. The molecule has 2 unspecified atom stereocenters. The molecule has 0 spiro atoms. The molecule has 1 aromatic heterocycles. The maximum Gasteiger partial charge on any atom is 0.335 e. The van der Waals surface area contributed by atoms with Crippen molar-refractivity contribution in [3.05, 3.63) is 29.6 Å². The zero-order valence-corrected chi connectivity index (χ0v) is 12.8. The van der Waals surface area contributed by atoms with Crippen LogP contribution in [0, 0.1) is 5.92 Å². The summed E-state index contributed by atoms with van der Waals surface area (Å²) in [6.07, 6.45) is 3.55. The second-order valence-electron chi connectivity index (χ2n) is 6.58. The molecule has 2 atom stereocenters. The van der Waals surface area contributed by atoms with Gasteiger partial charge in [0, 0.05) is 12.0 Å². The van der Waals surface area contributed by atoms with Crippen LogP contribution in [0.2, 0.25) is 0 Å². The molecular formula is C17H22N2O2. The van der Waals surface area contributed by atoms with Gasteiger partial charge in [0.2, 0.25) is 0 Å². The van der Waals surface area contributed by atoms with E-state index in [9.17, 15) is 9.90 Å². The lowest BCUT2D eigenvalue weighted by molar-refractivity contribution is 0.0697. The van der Waals surface area contributed by atoms with Gasteiger partial charge in [0.05, 0.1) is 16.6 Å². The Kier molecular flexibility index (Phi) is 3.47. The molecule has 112 valence electrons. The number of fused-ring (bicyclic) bond motifs is 1. The van der Waals surface area contributed by atoms with Crippen molar-refractivity contribution in [2.24, 2.45) is 5.92 Å². The van der Waals surface area contributed by atoms with Crippen molar-refractivity contribution in [1.82, 2.24) is 9.55 Å². The summed E-state index contributed by atoms with van der Waals surface area (Å²) in [6, 6.07) is 5.70. The van der Waals surface area contributed by atoms with Crippen LogP contribution in [0.5, 0.6) is 0 Å². The van der Waals surface area contributed by atoms with Crippen molar-refractivity contribution in [2.45, 2.75) is 52.0 Å². The summed E-state index contributed by atoms with van der Waals surface area (Å²) < 4.78 is 2.30. The van der Waals surface area contributed by atoms with Crippen LogP contribution in [-0.4, -0.2) is 20.6 Å². The van der Waals surface area contributed by atoms with Crippen LogP contribution >= 0.6 is 0 Å². The highest BCUT2D eigenvalue weighted by Gasteiger charge is 2.27. The molecule has 1 aliphatic rings. The van der Waals surface area contributed by atoms with Crippen molar-refractivity contribution >= 4 is 17.0 Å². The third-order valence-electron chi connectivity index (χ3n) is 4.51. The van der Waals surface area contributed by atoms with Gasteiger partial charge in [-0.25, -0.2) is 9.78 Å². The van der Waals surface area contributed by atoms with E-state index in [4.69, 9.17) is 4.98 Å². The average molecular weight is 286 g/mol. The van der Waals surface area contributed by atoms with Crippen LogP contribution in [0.4, 0.5) is 0 Å². The predicted molar refractivity (Wildman–Crippen MR) is 82.8 cm³/mol. The smallest absolute Gasteiger partial charge is 0.335 e. The van der Waals surface area contributed by atoms with Crippen molar-refractivity contribution in [2.75, 3.05) is 0 Å². The number of hydrogen-bond acceptors (Lipinski definition) is 2. The van der Waals surface area contributed by atoms with Gasteiger partial charge in [-0.3, -0.25) is 0 Å². The SMILES string of the molecule is CC1CCC(n2c(C(C)C)nc3ccc(C(=O)O)cc32)C1. The van der Waals surface area contributed by atoms with E-state index in [-0.39, 0.29) is 0 Å². The summed E-state index contributed by atoms with van der Waals surface area (Å²) in [5.74, 6) is 1.26. The summed E-state index contributed by atoms with van der Waals surface area (Å²) in [4.78, 5) is 16.0. The fraction of sp³-hybridized carbons (Fsp3) is 0.529. The van der Waals surface area contributed by atoms with Gasteiger partial charge in [-0.05, 0) is 43.4 Å². The highest BCUT2D eigenvalue weighted by molar-refractivity contribution is 5.92. The Hall–Kier alpha value is -1.84. The van der Waals surface area contributed by atoms with Crippen LogP contribution in [0.15, 0.2) is 18.2 Å². The minimum absolute atomic E-state index is 0.335. The van der Waals surface area contributed by atoms with Gasteiger partial charge in [0.25, 0.3) is 0 Å². The Morgan fingerprint density at radius 2 is 2.14 bits per heavy atom. The van der Waals surface area contributed by atoms with E-state index < -0.39 is 5.97 Å². The summed E-state index contributed by atoms with van der Waals surface area (Å²) in [7, 11) is 0. The maximum atomic E-state index is 11.2. The zero-order valence-electron chi connectivity index (χ0n) is 12.8. The Morgan fingerprint density at radius 1 is 1.38 bits per heavy atom. The lowest BCUT2D eigenvalue weighted by atomic mass is 10.1. The molecule has 1 aromatic carbocycles. The monoisotopic (exact) mass is 286 g/mol. The van der Waals surface area contributed by atoms with Gasteiger partial charge in [-0.2, -0.15) is 0 Å². The predicted octanol–water partition coefficient (Wildman–Crippen LogP) is 4.22. The molecule has 0 amide bonds. The summed E-state index contributed by atoms with van der Waals surface area (Å²) in [5, 5.41) is 9.23. The van der Waals surface area contributed by atoms with E-state index in [1.165, 1.54) is 6.42 Å². The second kappa shape index (κ2) is 5.17. The largest absolute Gasteiger partial charge is 0.478 e. The Morgan fingerprint density at radius 3 is 2.71 bits per heavy atom. The fourth-order valence-corrected chi connectivity index (χ4v) is 3.45. The first-order valence-electron chi connectivity index (χ1n) is 7.72. The van der Waals surface area contributed by atoms with E-state index in [2.05, 4.69) is 25.3 Å². The Bertz CT molecular complexity index is 687. The molecule has 1 N–H and O–H groups in total. The number of hydrogen-bond donors (Lipinski definition) is 1. The number of carboxylic acid groups (broad SMARTS) is 1. The number of benzene rings is 1. The number of rotatable bonds is 3. The summed E-state index contributed by atoms with van der Waals surface area (Å²) in [5.41, 5.74) is 2.21. The number of aromatic nitrogens is 2. The van der Waals surface area contributed by atoms with E-state index in [1.807, 2.05) is 6.07 Å². The van der Waals surface area contributed by atoms with E-state index in [1.54, 1.807) is 12.1 Å². The van der Waals surface area contributed by atoms with Gasteiger partial charge >= 0.3 is 5.97 Å². The summed E-state index contributed by atoms with van der Waals surface area (Å²) in [6.45, 7) is 6.58. The zero-order chi connectivity index (χ0) is 15.1. The molecule has 3 rings (SSSR count). The van der Waals surface area contributed by atoms with Crippen LogP contribution in [0.3, 0.4) is 0 Å². The van der Waals surface area contributed by atoms with Gasteiger partial charge in [0.15, 0.2) is 0 Å². The van der Waals surface area contributed by atoms with E-state index >= 15 is 0 Å². The molecule has 1 saturated carbocycles. The maximum absolute atomic E-state index is 11.2. The molecule has 1 fully saturated rings. The lowest BCUT2D eigenvalue weighted by Gasteiger charge is -2.18. The van der Waals surface area contributed by atoms with Gasteiger partial charge in [0.1, 0.15) is 5.82 Å². The van der Waals surface area contributed by atoms with Crippen molar-refractivity contribution < 1.29 is 9.90 Å². The number of carbonyl (C=O) groups is 1. The number of carboxylic acids is 1. The molecule has 1 heterocycles. The molecule has 0 bridgehead atoms. The Labute approximate surface area is 124 Å². The fourth-order valence-electron chi connectivity index (χ4n) is 3.45. The third-order valence-corrected chi connectivity index (χ3v) is 4.51. The van der Waals surface area contributed by atoms with Gasteiger partial charge in [-0.1, -0.05) is 20.8 Å². The van der Waals surface area contributed by atoms with Crippen LogP contribution in [-0.2, 0) is 0 Å². The number of aromatic carboxylic acids is 1. The first-order valence-corrected chi connectivity index (χ1v) is 7.72. The first-order chi connectivity index (χ1) is 9.97. The van der Waals surface area contributed by atoms with Crippen LogP contribution < -0.4 is 0 Å². The number of imidazole rings is 1. The molecule has 21 heavy (non-hydrogen) atoms. The Balaban J connectivity index is 2.19. The van der Waals surface area contributed by atoms with Crippen molar-refractivity contribution in [3.8, 4) is 0 Å². The second-order valence-corrected chi connectivity index (χ2v) is 6.58. The molecule has 4 nitrogen and oxygen atoms in total. The van der Waals surface area contributed by atoms with Crippen molar-refractivity contribution in [3.63, 3.8) is 0 Å². The van der Waals surface area contributed by atoms with E-state index in [0.29, 0.717) is 17.5 Å². The van der Waals surface area contributed by atoms with Gasteiger partial charge in [-0.15, -0.1) is 0 Å². The standard InChI is InChI=1S/C17H22N2O2/c1-10(2)16-18-14-7-5-12(17(20)21)9-15(14)19(16)13-6-4-11(3)8-13/h5,7,9-11,13H,4,6,8H2,1-3H3,(H,20,21). The minimum Gasteiger partial charge on any atom is -0.478 e. The van der Waals surface area contributed by atoms with E-state index in [0.717, 1.165) is 35.6 Å². The molecule has 2 aromatic rings. The molecular weight excluding hydrogens is 264 g/mol. The first kappa shape index (κ1) is 14.1. The quantitative estimate of drug-likeness (QED) is 0.919. The topological polar surface area (TPSA) is 55.1 Å². The minimum atomic E-state index is -0.879. The van der Waals surface area contributed by atoms with Crippen LogP contribution in [0.25, 0.3) is 11.0 Å². The third kappa shape index (κ3) is 2.43. The lowest BCUT2D eigenvalue weighted by Crippen LogP contribution is -2.11. The normalized spacial score (nSPS) is 22.3. The molecule has 4 heteroatoms. The van der Waals surface area contributed by atoms with Crippen molar-refractivity contribution in [1.29, 1.82) is 0 Å². The van der Waals surface area contributed by atoms with Crippen LogP contribution in [0.1, 0.15) is 68.2 Å². The molecule has 0 aliphatic heterocycles. The molecule has 0 saturated heterocycles. The molecule has 1 aliphatic carbocycles. The average Bonchev–Trinajstić information content (AvgIpc) is 3.00. The number of nitrogens with zero attached hydrogens (tertiary/aromatic N) is 2. The van der Waals surface area contributed by atoms with Gasteiger partial charge < -0.3 is 9.67 Å². The highest BCUT2D eigenvalue weighted by Crippen LogP contribution is 2.38.